The van der Waals surface area contributed by atoms with E-state index in [1.165, 1.54) is 11.1 Å². The number of allylic oxidation sites excluding steroid dienone is 4. The Morgan fingerprint density at radius 3 is 2.47 bits per heavy atom. The molecule has 0 unspecified atom stereocenters. The standard InChI is InChI=1S/C18H23N/c1-6-15(7-2)17-10-9-16(12-14(17)5)18(19)11-8-13(3)4/h6-7,9-10,12,19H,1,3,8,11H2,2,4-5H3/b15-7+,19-18?. The summed E-state index contributed by atoms with van der Waals surface area (Å²) < 4.78 is 0. The van der Waals surface area contributed by atoms with Crippen LogP contribution in [0.5, 0.6) is 0 Å². The number of nitrogens with one attached hydrogen (secondary N) is 1. The molecule has 0 amide bonds. The maximum Gasteiger partial charge on any atom is 0.0389 e. The fourth-order valence-electron chi connectivity index (χ4n) is 2.04. The van der Waals surface area contributed by atoms with E-state index in [1.807, 2.05) is 26.0 Å². The fourth-order valence-corrected chi connectivity index (χ4v) is 2.04. The zero-order chi connectivity index (χ0) is 14.4. The summed E-state index contributed by atoms with van der Waals surface area (Å²) in [4.78, 5) is 0. The van der Waals surface area contributed by atoms with E-state index in [9.17, 15) is 0 Å². The summed E-state index contributed by atoms with van der Waals surface area (Å²) in [7, 11) is 0. The first-order valence-corrected chi connectivity index (χ1v) is 6.61. The van der Waals surface area contributed by atoms with Gasteiger partial charge in [-0.2, -0.15) is 0 Å². The van der Waals surface area contributed by atoms with E-state index in [4.69, 9.17) is 5.41 Å². The van der Waals surface area contributed by atoms with E-state index in [0.29, 0.717) is 5.71 Å². The largest absolute Gasteiger partial charge is 0.305 e. The second-order valence-electron chi connectivity index (χ2n) is 4.91. The van der Waals surface area contributed by atoms with Crippen LogP contribution in [0.2, 0.25) is 0 Å². The maximum atomic E-state index is 8.11. The molecule has 0 saturated heterocycles. The molecule has 1 N–H and O–H groups in total. The van der Waals surface area contributed by atoms with Crippen LogP contribution in [0.15, 0.2) is 49.1 Å². The van der Waals surface area contributed by atoms with Gasteiger partial charge in [-0.15, -0.1) is 6.58 Å². The van der Waals surface area contributed by atoms with Gasteiger partial charge in [-0.1, -0.05) is 36.4 Å². The minimum atomic E-state index is 0.679. The van der Waals surface area contributed by atoms with Crippen molar-refractivity contribution in [3.05, 3.63) is 65.8 Å². The summed E-state index contributed by atoms with van der Waals surface area (Å²) in [6.07, 6.45) is 5.56. The Morgan fingerprint density at radius 2 is 2.00 bits per heavy atom. The summed E-state index contributed by atoms with van der Waals surface area (Å²) in [5.74, 6) is 0. The predicted molar refractivity (Wildman–Crippen MR) is 85.9 cm³/mol. The summed E-state index contributed by atoms with van der Waals surface area (Å²) in [6.45, 7) is 13.8. The highest BCUT2D eigenvalue weighted by Crippen LogP contribution is 2.22. The van der Waals surface area contributed by atoms with Gasteiger partial charge in [0, 0.05) is 5.71 Å². The van der Waals surface area contributed by atoms with Crippen molar-refractivity contribution in [1.82, 2.24) is 0 Å². The molecule has 0 aliphatic carbocycles. The van der Waals surface area contributed by atoms with Gasteiger partial charge in [0.05, 0.1) is 0 Å². The van der Waals surface area contributed by atoms with Gasteiger partial charge in [0.15, 0.2) is 0 Å². The molecule has 100 valence electrons. The molecular weight excluding hydrogens is 230 g/mol. The molecule has 1 nitrogen and oxygen atoms in total. The van der Waals surface area contributed by atoms with E-state index in [2.05, 4.69) is 38.3 Å². The Hall–Kier alpha value is -1.89. The number of hydrogen-bond acceptors (Lipinski definition) is 1. The van der Waals surface area contributed by atoms with Crippen LogP contribution in [-0.4, -0.2) is 5.71 Å². The monoisotopic (exact) mass is 253 g/mol. The molecule has 0 radical (unpaired) electrons. The minimum Gasteiger partial charge on any atom is -0.305 e. The van der Waals surface area contributed by atoms with E-state index < -0.39 is 0 Å². The van der Waals surface area contributed by atoms with Crippen LogP contribution in [0.3, 0.4) is 0 Å². The van der Waals surface area contributed by atoms with Crippen molar-refractivity contribution in [3.63, 3.8) is 0 Å². The van der Waals surface area contributed by atoms with Crippen LogP contribution >= 0.6 is 0 Å². The molecule has 0 heterocycles. The second kappa shape index (κ2) is 6.89. The molecule has 1 aromatic carbocycles. The third-order valence-corrected chi connectivity index (χ3v) is 3.22. The highest BCUT2D eigenvalue weighted by Gasteiger charge is 2.06. The van der Waals surface area contributed by atoms with Gasteiger partial charge in [-0.3, -0.25) is 0 Å². The summed E-state index contributed by atoms with van der Waals surface area (Å²) in [6, 6.07) is 6.19. The molecule has 0 aliphatic heterocycles. The minimum absolute atomic E-state index is 0.679. The van der Waals surface area contributed by atoms with Crippen LogP contribution in [0, 0.1) is 12.3 Å². The molecule has 0 bridgehead atoms. The van der Waals surface area contributed by atoms with Gasteiger partial charge >= 0.3 is 0 Å². The molecule has 0 fully saturated rings. The molecule has 0 aromatic heterocycles. The number of hydrogen-bond donors (Lipinski definition) is 1. The Labute approximate surface area is 116 Å². The topological polar surface area (TPSA) is 23.9 Å². The Balaban J connectivity index is 2.96. The van der Waals surface area contributed by atoms with Crippen molar-refractivity contribution in [1.29, 1.82) is 5.41 Å². The molecule has 1 heteroatoms. The molecule has 0 aliphatic rings. The van der Waals surface area contributed by atoms with Gasteiger partial charge in [-0.05, 0) is 61.9 Å². The average Bonchev–Trinajstić information content (AvgIpc) is 2.39. The van der Waals surface area contributed by atoms with E-state index in [0.717, 1.165) is 29.6 Å². The lowest BCUT2D eigenvalue weighted by Crippen LogP contribution is -2.01. The lowest BCUT2D eigenvalue weighted by atomic mass is 9.95. The third-order valence-electron chi connectivity index (χ3n) is 3.22. The SMILES string of the molecule is C=C/C(=C\C)c1ccc(C(=N)CCC(=C)C)cc1C. The lowest BCUT2D eigenvalue weighted by molar-refractivity contribution is 1.01. The normalized spacial score (nSPS) is 11.2. The quantitative estimate of drug-likeness (QED) is 0.403. The Morgan fingerprint density at radius 1 is 1.32 bits per heavy atom. The second-order valence-corrected chi connectivity index (χ2v) is 4.91. The van der Waals surface area contributed by atoms with Gasteiger partial charge in [0.1, 0.15) is 0 Å². The van der Waals surface area contributed by atoms with Crippen molar-refractivity contribution in [2.24, 2.45) is 0 Å². The van der Waals surface area contributed by atoms with E-state index in [-0.39, 0.29) is 0 Å². The van der Waals surface area contributed by atoms with Crippen LogP contribution in [0.1, 0.15) is 43.4 Å². The number of benzene rings is 1. The van der Waals surface area contributed by atoms with Gasteiger partial charge in [0.2, 0.25) is 0 Å². The smallest absolute Gasteiger partial charge is 0.0389 e. The van der Waals surface area contributed by atoms with Crippen LogP contribution in [0.25, 0.3) is 5.57 Å². The van der Waals surface area contributed by atoms with Gasteiger partial charge in [0.25, 0.3) is 0 Å². The van der Waals surface area contributed by atoms with Crippen molar-refractivity contribution in [2.45, 2.75) is 33.6 Å². The van der Waals surface area contributed by atoms with Crippen LogP contribution in [0.4, 0.5) is 0 Å². The lowest BCUT2D eigenvalue weighted by Gasteiger charge is -2.10. The van der Waals surface area contributed by atoms with Crippen molar-refractivity contribution >= 4 is 11.3 Å². The summed E-state index contributed by atoms with van der Waals surface area (Å²) in [5, 5.41) is 8.11. The molecule has 1 aromatic rings. The first kappa shape index (κ1) is 15.2. The Bertz CT molecular complexity index is 533. The van der Waals surface area contributed by atoms with Crippen LogP contribution < -0.4 is 0 Å². The highest BCUT2D eigenvalue weighted by atomic mass is 14.4. The third kappa shape index (κ3) is 4.06. The summed E-state index contributed by atoms with van der Waals surface area (Å²) in [5.41, 5.74) is 6.32. The van der Waals surface area contributed by atoms with Gasteiger partial charge < -0.3 is 5.41 Å². The first-order valence-electron chi connectivity index (χ1n) is 6.61. The Kier molecular flexibility index (Phi) is 5.50. The number of rotatable bonds is 6. The predicted octanol–water partition coefficient (Wildman–Crippen LogP) is 5.31. The fraction of sp³-hybridized carbons (Fsp3) is 0.278. The molecule has 1 rings (SSSR count). The molecule has 19 heavy (non-hydrogen) atoms. The van der Waals surface area contributed by atoms with E-state index in [1.54, 1.807) is 0 Å². The van der Waals surface area contributed by atoms with Crippen molar-refractivity contribution < 1.29 is 0 Å². The zero-order valence-electron chi connectivity index (χ0n) is 12.2. The zero-order valence-corrected chi connectivity index (χ0v) is 12.2. The molecular formula is C18H23N. The van der Waals surface area contributed by atoms with Crippen LogP contribution in [-0.2, 0) is 0 Å². The van der Waals surface area contributed by atoms with Gasteiger partial charge in [-0.25, -0.2) is 0 Å². The molecule has 0 atom stereocenters. The van der Waals surface area contributed by atoms with E-state index >= 15 is 0 Å². The number of aryl methyl sites for hydroxylation is 1. The molecule has 0 spiro atoms. The van der Waals surface area contributed by atoms with Crippen molar-refractivity contribution in [2.75, 3.05) is 0 Å². The maximum absolute atomic E-state index is 8.11. The average molecular weight is 253 g/mol. The van der Waals surface area contributed by atoms with Crippen molar-refractivity contribution in [3.8, 4) is 0 Å². The highest BCUT2D eigenvalue weighted by molar-refractivity contribution is 5.99. The first-order chi connectivity index (χ1) is 8.99. The molecule has 0 saturated carbocycles. The summed E-state index contributed by atoms with van der Waals surface area (Å²) >= 11 is 0.